The van der Waals surface area contributed by atoms with Gasteiger partial charge in [-0.05, 0) is 85.7 Å². The molecule has 6 N–H and O–H groups in total. The Hall–Kier alpha value is -6.37. The number of ether oxygens (including phenoxy) is 1. The fourth-order valence-corrected chi connectivity index (χ4v) is 5.16. The molecule has 4 aromatic heterocycles. The van der Waals surface area contributed by atoms with Crippen LogP contribution in [0.1, 0.15) is 32.6 Å². The number of hydrogen-bond acceptors (Lipinski definition) is 7. The van der Waals surface area contributed by atoms with E-state index in [4.69, 9.17) is 14.9 Å². The van der Waals surface area contributed by atoms with E-state index in [0.717, 1.165) is 0 Å². The Bertz CT molecular complexity index is 2450. The zero-order valence-corrected chi connectivity index (χ0v) is 23.7. The standard InChI is InChI=1S/C31H24N6O8/c1-15-21(27(39)32-25-23(15)29(41)36(34-25)18-8-6-17(7-9-18)31(43)44)4-3-5-22-16(2)24-26(33-28(22)40)35-37(30(24)42)19-10-12-20(13-11-19)45-14-38/h4-13,38H,14H2,1-2H3,(H,43,44)(H2,32,34,39)(H2,33,35,40). The van der Waals surface area contributed by atoms with Crippen molar-refractivity contribution in [3.63, 3.8) is 0 Å². The summed E-state index contributed by atoms with van der Waals surface area (Å²) in [6.45, 7) is 2.74. The Labute approximate surface area is 250 Å². The van der Waals surface area contributed by atoms with Crippen molar-refractivity contribution >= 4 is 40.2 Å². The van der Waals surface area contributed by atoms with Crippen LogP contribution in [0.15, 0.2) is 73.4 Å². The molecule has 14 heteroatoms. The molecule has 0 radical (unpaired) electrons. The number of aliphatic hydroxyl groups excluding tert-OH is 1. The molecule has 0 fully saturated rings. The number of aryl methyl sites for hydroxylation is 2. The minimum absolute atomic E-state index is 0.0576. The van der Waals surface area contributed by atoms with Crippen LogP contribution in [0.5, 0.6) is 5.75 Å². The molecule has 0 saturated heterocycles. The third-order valence-corrected chi connectivity index (χ3v) is 7.46. The third kappa shape index (κ3) is 4.91. The van der Waals surface area contributed by atoms with Crippen LogP contribution >= 0.6 is 0 Å². The molecule has 4 heterocycles. The molecule has 0 unspecified atom stereocenters. The van der Waals surface area contributed by atoms with Gasteiger partial charge in [-0.25, -0.2) is 14.2 Å². The Balaban J connectivity index is 1.39. The van der Waals surface area contributed by atoms with Gasteiger partial charge in [-0.1, -0.05) is 0 Å². The van der Waals surface area contributed by atoms with E-state index in [1.54, 1.807) is 38.1 Å². The second-order valence-electron chi connectivity index (χ2n) is 10.1. The molecule has 0 bridgehead atoms. The smallest absolute Gasteiger partial charge is 0.335 e. The molecule has 6 aromatic rings. The molecular formula is C31H24N6O8. The van der Waals surface area contributed by atoms with E-state index in [2.05, 4.69) is 25.9 Å². The molecule has 45 heavy (non-hydrogen) atoms. The SMILES string of the molecule is Cc1c(C=C=Cc2c(C)c3c(=O)n(-c4ccc(C(=O)O)cc4)[nH]c3[nH]c2=O)c(=O)[nH]c2[nH]n(-c3ccc(OCO)cc3)c(=O)c12. The van der Waals surface area contributed by atoms with Gasteiger partial charge in [0.15, 0.2) is 6.79 Å². The monoisotopic (exact) mass is 608 g/mol. The second-order valence-corrected chi connectivity index (χ2v) is 10.1. The van der Waals surface area contributed by atoms with E-state index in [1.807, 2.05) is 0 Å². The number of hydrogen-bond donors (Lipinski definition) is 6. The van der Waals surface area contributed by atoms with E-state index < -0.39 is 35.0 Å². The van der Waals surface area contributed by atoms with Crippen LogP contribution in [-0.2, 0) is 0 Å². The zero-order chi connectivity index (χ0) is 32.0. The van der Waals surface area contributed by atoms with E-state index in [0.29, 0.717) is 28.3 Å². The van der Waals surface area contributed by atoms with Gasteiger partial charge in [0.25, 0.3) is 22.2 Å². The average molecular weight is 609 g/mol. The van der Waals surface area contributed by atoms with Crippen molar-refractivity contribution < 1.29 is 19.7 Å². The molecular weight excluding hydrogens is 584 g/mol. The van der Waals surface area contributed by atoms with Crippen molar-refractivity contribution in [3.8, 4) is 17.1 Å². The van der Waals surface area contributed by atoms with Crippen LogP contribution in [0.25, 0.3) is 45.6 Å². The summed E-state index contributed by atoms with van der Waals surface area (Å²) >= 11 is 0. The lowest BCUT2D eigenvalue weighted by Gasteiger charge is -2.04. The number of carboxylic acid groups (broad SMARTS) is 1. The van der Waals surface area contributed by atoms with Gasteiger partial charge in [-0.2, -0.15) is 0 Å². The Morgan fingerprint density at radius 1 is 0.778 bits per heavy atom. The number of aliphatic hydroxyl groups is 1. The number of rotatable bonds is 7. The summed E-state index contributed by atoms with van der Waals surface area (Å²) in [4.78, 5) is 69.0. The van der Waals surface area contributed by atoms with Crippen LogP contribution in [-0.4, -0.2) is 52.5 Å². The van der Waals surface area contributed by atoms with Crippen LogP contribution in [0.3, 0.4) is 0 Å². The van der Waals surface area contributed by atoms with Gasteiger partial charge in [0.2, 0.25) is 0 Å². The first kappa shape index (κ1) is 28.7. The van der Waals surface area contributed by atoms with Crippen LogP contribution in [0.4, 0.5) is 0 Å². The first-order chi connectivity index (χ1) is 21.6. The topological polar surface area (TPSA) is 208 Å². The fourth-order valence-electron chi connectivity index (χ4n) is 5.16. The van der Waals surface area contributed by atoms with Gasteiger partial charge in [0.05, 0.1) is 38.8 Å². The van der Waals surface area contributed by atoms with Gasteiger partial charge in [-0.3, -0.25) is 29.4 Å². The molecule has 226 valence electrons. The van der Waals surface area contributed by atoms with Gasteiger partial charge < -0.3 is 24.9 Å². The molecule has 0 atom stereocenters. The summed E-state index contributed by atoms with van der Waals surface area (Å²) in [6.07, 6.45) is 2.70. The Morgan fingerprint density at radius 3 is 1.64 bits per heavy atom. The average Bonchev–Trinajstić information content (AvgIpc) is 3.52. The van der Waals surface area contributed by atoms with Crippen LogP contribution < -0.4 is 27.0 Å². The number of fused-ring (bicyclic) bond motifs is 2. The Kier molecular flexibility index (Phi) is 7.05. The van der Waals surface area contributed by atoms with Crippen molar-refractivity contribution in [2.24, 2.45) is 0 Å². The second kappa shape index (κ2) is 11.0. The zero-order valence-electron chi connectivity index (χ0n) is 23.7. The Morgan fingerprint density at radius 2 is 1.22 bits per heavy atom. The highest BCUT2D eigenvalue weighted by Gasteiger charge is 2.17. The predicted octanol–water partition coefficient (Wildman–Crippen LogP) is 2.30. The predicted molar refractivity (Wildman–Crippen MR) is 166 cm³/mol. The number of benzene rings is 2. The number of nitrogens with one attached hydrogen (secondary N) is 4. The number of aromatic carboxylic acids is 1. The molecule has 2 aromatic carbocycles. The van der Waals surface area contributed by atoms with Crippen molar-refractivity contribution in [1.29, 1.82) is 0 Å². The maximum atomic E-state index is 13.3. The third-order valence-electron chi connectivity index (χ3n) is 7.46. The molecule has 0 aliphatic carbocycles. The quantitative estimate of drug-likeness (QED) is 0.117. The molecule has 0 aliphatic rings. The summed E-state index contributed by atoms with van der Waals surface area (Å²) in [5, 5.41) is 24.3. The van der Waals surface area contributed by atoms with Crippen LogP contribution in [0.2, 0.25) is 0 Å². The lowest BCUT2D eigenvalue weighted by molar-refractivity contribution is 0.0696. The maximum absolute atomic E-state index is 13.3. The summed E-state index contributed by atoms with van der Waals surface area (Å²) in [5.74, 6) is -0.689. The van der Waals surface area contributed by atoms with E-state index in [9.17, 15) is 24.0 Å². The number of carboxylic acids is 1. The molecule has 14 nitrogen and oxygen atoms in total. The molecule has 0 aliphatic heterocycles. The van der Waals surface area contributed by atoms with E-state index in [1.165, 1.54) is 45.8 Å². The first-order valence-electron chi connectivity index (χ1n) is 13.4. The van der Waals surface area contributed by atoms with E-state index in [-0.39, 0.29) is 38.8 Å². The number of carbonyl (C=O) groups is 1. The molecule has 0 amide bonds. The number of aromatic amines is 4. The summed E-state index contributed by atoms with van der Waals surface area (Å²) in [6, 6.07) is 12.1. The van der Waals surface area contributed by atoms with Crippen LogP contribution in [0, 0.1) is 13.8 Å². The molecule has 0 spiro atoms. The minimum Gasteiger partial charge on any atom is -0.478 e. The summed E-state index contributed by atoms with van der Waals surface area (Å²) < 4.78 is 7.48. The summed E-state index contributed by atoms with van der Waals surface area (Å²) in [7, 11) is 0. The largest absolute Gasteiger partial charge is 0.478 e. The minimum atomic E-state index is -1.10. The van der Waals surface area contributed by atoms with Crippen molar-refractivity contribution in [2.75, 3.05) is 6.79 Å². The highest BCUT2D eigenvalue weighted by Crippen LogP contribution is 2.19. The summed E-state index contributed by atoms with van der Waals surface area (Å²) in [5.41, 5.74) is 3.31. The normalized spacial score (nSPS) is 11.1. The lowest BCUT2D eigenvalue weighted by Crippen LogP contribution is -2.16. The number of pyridine rings is 2. The highest BCUT2D eigenvalue weighted by molar-refractivity contribution is 5.88. The highest BCUT2D eigenvalue weighted by atomic mass is 16.6. The number of H-pyrrole nitrogens is 4. The van der Waals surface area contributed by atoms with Gasteiger partial charge in [-0.15, -0.1) is 5.73 Å². The van der Waals surface area contributed by atoms with Crippen molar-refractivity contribution in [3.05, 3.63) is 123 Å². The molecule has 0 saturated carbocycles. The molecule has 6 rings (SSSR count). The van der Waals surface area contributed by atoms with Gasteiger partial charge in [0, 0.05) is 0 Å². The van der Waals surface area contributed by atoms with E-state index >= 15 is 0 Å². The van der Waals surface area contributed by atoms with Crippen molar-refractivity contribution in [2.45, 2.75) is 13.8 Å². The fraction of sp³-hybridized carbons (Fsp3) is 0.0968. The van der Waals surface area contributed by atoms with Crippen molar-refractivity contribution in [1.82, 2.24) is 29.5 Å². The number of nitrogens with zero attached hydrogens (tertiary/aromatic N) is 2. The maximum Gasteiger partial charge on any atom is 0.335 e. The van der Waals surface area contributed by atoms with Gasteiger partial charge in [0.1, 0.15) is 17.0 Å². The van der Waals surface area contributed by atoms with Gasteiger partial charge >= 0.3 is 5.97 Å². The first-order valence-corrected chi connectivity index (χ1v) is 13.4. The lowest BCUT2D eigenvalue weighted by atomic mass is 10.1. The number of aromatic nitrogens is 6.